The third-order valence-electron chi connectivity index (χ3n) is 3.33. The molecule has 0 unspecified atom stereocenters. The predicted octanol–water partition coefficient (Wildman–Crippen LogP) is 1.25. The van der Waals surface area contributed by atoms with Gasteiger partial charge in [-0.3, -0.25) is 4.79 Å². The van der Waals surface area contributed by atoms with E-state index in [1.54, 1.807) is 25.4 Å². The van der Waals surface area contributed by atoms with Crippen LogP contribution in [0.5, 0.6) is 11.5 Å². The summed E-state index contributed by atoms with van der Waals surface area (Å²) in [6.07, 6.45) is 1.63. The molecule has 0 atom stereocenters. The van der Waals surface area contributed by atoms with Crippen LogP contribution in [0.3, 0.4) is 0 Å². The minimum Gasteiger partial charge on any atom is -0.497 e. The lowest BCUT2D eigenvalue weighted by Gasteiger charge is -2.07. The van der Waals surface area contributed by atoms with Gasteiger partial charge in [0.2, 0.25) is 5.82 Å². The van der Waals surface area contributed by atoms with E-state index in [1.807, 2.05) is 25.1 Å². The molecular weight excluding hydrogens is 310 g/mol. The molecule has 24 heavy (non-hydrogen) atoms. The predicted molar refractivity (Wildman–Crippen MR) is 86.3 cm³/mol. The maximum Gasteiger partial charge on any atom is 0.291 e. The van der Waals surface area contributed by atoms with Crippen molar-refractivity contribution in [3.8, 4) is 11.5 Å². The Hall–Kier alpha value is -3.16. The highest BCUT2D eigenvalue weighted by Crippen LogP contribution is 2.18. The summed E-state index contributed by atoms with van der Waals surface area (Å²) in [6, 6.07) is 9.07. The smallest absolute Gasteiger partial charge is 0.291 e. The van der Waals surface area contributed by atoms with Crippen molar-refractivity contribution in [1.29, 1.82) is 0 Å². The van der Waals surface area contributed by atoms with Crippen molar-refractivity contribution >= 4 is 11.7 Å². The summed E-state index contributed by atoms with van der Waals surface area (Å²) in [5, 5.41) is 6.86. The summed E-state index contributed by atoms with van der Waals surface area (Å²) >= 11 is 0. The van der Waals surface area contributed by atoms with Gasteiger partial charge in [-0.1, -0.05) is 6.07 Å². The van der Waals surface area contributed by atoms with Crippen molar-refractivity contribution < 1.29 is 14.3 Å². The van der Waals surface area contributed by atoms with Gasteiger partial charge in [-0.15, -0.1) is 5.10 Å². The Balaban J connectivity index is 1.54. The van der Waals surface area contributed by atoms with E-state index in [9.17, 15) is 4.79 Å². The molecule has 0 aliphatic carbocycles. The Morgan fingerprint density at radius 1 is 1.29 bits per heavy atom. The Morgan fingerprint density at radius 2 is 2.12 bits per heavy atom. The number of benzene rings is 1. The number of ether oxygens (including phenoxy) is 2. The molecule has 1 N–H and O–H groups in total. The monoisotopic (exact) mass is 327 g/mol. The van der Waals surface area contributed by atoms with E-state index in [0.717, 1.165) is 5.69 Å². The first kappa shape index (κ1) is 15.7. The number of hydrogen-bond acceptors (Lipinski definition) is 6. The van der Waals surface area contributed by atoms with E-state index in [2.05, 4.69) is 20.4 Å². The van der Waals surface area contributed by atoms with E-state index in [0.29, 0.717) is 30.4 Å². The number of hydrogen-bond donors (Lipinski definition) is 1. The van der Waals surface area contributed by atoms with Crippen LogP contribution in [0.25, 0.3) is 5.78 Å². The number of carbonyl (C=O) groups is 1. The Kier molecular flexibility index (Phi) is 4.55. The number of methoxy groups -OCH3 is 1. The lowest BCUT2D eigenvalue weighted by Crippen LogP contribution is -2.29. The summed E-state index contributed by atoms with van der Waals surface area (Å²) in [7, 11) is 1.59. The zero-order valence-electron chi connectivity index (χ0n) is 13.4. The van der Waals surface area contributed by atoms with Gasteiger partial charge in [0.25, 0.3) is 11.7 Å². The number of amides is 1. The average molecular weight is 327 g/mol. The van der Waals surface area contributed by atoms with Crippen LogP contribution < -0.4 is 14.8 Å². The molecule has 124 valence electrons. The van der Waals surface area contributed by atoms with E-state index < -0.39 is 0 Å². The number of fused-ring (bicyclic) bond motifs is 1. The minimum absolute atomic E-state index is 0.0816. The van der Waals surface area contributed by atoms with E-state index in [4.69, 9.17) is 9.47 Å². The van der Waals surface area contributed by atoms with Gasteiger partial charge in [-0.05, 0) is 25.1 Å². The second-order valence-corrected chi connectivity index (χ2v) is 5.02. The minimum atomic E-state index is -0.367. The van der Waals surface area contributed by atoms with Crippen molar-refractivity contribution in [2.24, 2.45) is 0 Å². The molecule has 3 rings (SSSR count). The molecule has 8 heteroatoms. The van der Waals surface area contributed by atoms with E-state index >= 15 is 0 Å². The lowest BCUT2D eigenvalue weighted by atomic mass is 10.3. The Bertz CT molecular complexity index is 862. The molecule has 2 aromatic heterocycles. The normalized spacial score (nSPS) is 10.6. The van der Waals surface area contributed by atoms with E-state index in [1.165, 1.54) is 4.52 Å². The first-order chi connectivity index (χ1) is 11.7. The van der Waals surface area contributed by atoms with Crippen molar-refractivity contribution in [2.45, 2.75) is 6.92 Å². The number of aryl methyl sites for hydroxylation is 1. The van der Waals surface area contributed by atoms with Gasteiger partial charge in [0.05, 0.1) is 13.7 Å². The summed E-state index contributed by atoms with van der Waals surface area (Å²) in [6.45, 7) is 2.52. The number of rotatable bonds is 6. The van der Waals surface area contributed by atoms with Crippen LogP contribution >= 0.6 is 0 Å². The van der Waals surface area contributed by atoms with Crippen LogP contribution in [-0.4, -0.2) is 45.8 Å². The van der Waals surface area contributed by atoms with Crippen LogP contribution in [0, 0.1) is 6.92 Å². The van der Waals surface area contributed by atoms with Gasteiger partial charge < -0.3 is 14.8 Å². The molecule has 1 aromatic carbocycles. The third-order valence-corrected chi connectivity index (χ3v) is 3.33. The first-order valence-corrected chi connectivity index (χ1v) is 7.41. The molecule has 2 heterocycles. The quantitative estimate of drug-likeness (QED) is 0.685. The van der Waals surface area contributed by atoms with Gasteiger partial charge in [0, 0.05) is 18.0 Å². The Morgan fingerprint density at radius 3 is 2.92 bits per heavy atom. The van der Waals surface area contributed by atoms with E-state index in [-0.39, 0.29) is 11.7 Å². The summed E-state index contributed by atoms with van der Waals surface area (Å²) in [5.74, 6) is 1.50. The van der Waals surface area contributed by atoms with Crippen molar-refractivity contribution in [3.05, 3.63) is 48.0 Å². The summed E-state index contributed by atoms with van der Waals surface area (Å²) in [5.41, 5.74) is 0.855. The number of nitrogens with one attached hydrogen (secondary N) is 1. The summed E-state index contributed by atoms with van der Waals surface area (Å²) < 4.78 is 12.2. The molecule has 8 nitrogen and oxygen atoms in total. The highest BCUT2D eigenvalue weighted by molar-refractivity contribution is 5.90. The maximum absolute atomic E-state index is 12.1. The highest BCUT2D eigenvalue weighted by Gasteiger charge is 2.13. The molecule has 0 aliphatic rings. The van der Waals surface area contributed by atoms with Crippen molar-refractivity contribution in [2.75, 3.05) is 20.3 Å². The number of aromatic nitrogens is 4. The van der Waals surface area contributed by atoms with Gasteiger partial charge in [0.1, 0.15) is 18.1 Å². The topological polar surface area (TPSA) is 90.6 Å². The van der Waals surface area contributed by atoms with Gasteiger partial charge in [-0.25, -0.2) is 9.50 Å². The first-order valence-electron chi connectivity index (χ1n) is 7.41. The largest absolute Gasteiger partial charge is 0.497 e. The van der Waals surface area contributed by atoms with Crippen LogP contribution in [0.1, 0.15) is 16.3 Å². The SMILES string of the molecule is COc1cccc(OCCNC(=O)c2nc3nccc(C)n3n2)c1. The molecule has 0 saturated carbocycles. The standard InChI is InChI=1S/C16H17N5O3/c1-11-6-7-18-16-19-14(20-21(11)16)15(22)17-8-9-24-13-5-3-4-12(10-13)23-2/h3-7,10H,8-9H2,1-2H3,(H,17,22). The van der Waals surface area contributed by atoms with Crippen LogP contribution in [-0.2, 0) is 0 Å². The fourth-order valence-electron chi connectivity index (χ4n) is 2.11. The van der Waals surface area contributed by atoms with Crippen LogP contribution in [0.4, 0.5) is 0 Å². The van der Waals surface area contributed by atoms with Crippen LogP contribution in [0.2, 0.25) is 0 Å². The van der Waals surface area contributed by atoms with Gasteiger partial charge in [-0.2, -0.15) is 4.98 Å². The van der Waals surface area contributed by atoms with Crippen molar-refractivity contribution in [1.82, 2.24) is 24.9 Å². The molecule has 1 amide bonds. The molecule has 0 radical (unpaired) electrons. The molecule has 0 aliphatic heterocycles. The number of nitrogens with zero attached hydrogens (tertiary/aromatic N) is 4. The fraction of sp³-hybridized carbons (Fsp3) is 0.250. The second-order valence-electron chi connectivity index (χ2n) is 5.02. The zero-order chi connectivity index (χ0) is 16.9. The molecule has 0 saturated heterocycles. The summed E-state index contributed by atoms with van der Waals surface area (Å²) in [4.78, 5) is 20.3. The zero-order valence-corrected chi connectivity index (χ0v) is 13.4. The molecule has 0 fully saturated rings. The van der Waals surface area contributed by atoms with Crippen LogP contribution in [0.15, 0.2) is 36.5 Å². The maximum atomic E-state index is 12.1. The highest BCUT2D eigenvalue weighted by atomic mass is 16.5. The second kappa shape index (κ2) is 6.95. The average Bonchev–Trinajstić information content (AvgIpc) is 3.04. The number of carbonyl (C=O) groups excluding carboxylic acids is 1. The Labute approximate surface area is 138 Å². The van der Waals surface area contributed by atoms with Gasteiger partial charge >= 0.3 is 0 Å². The third kappa shape index (κ3) is 3.43. The fourth-order valence-corrected chi connectivity index (χ4v) is 2.11. The van der Waals surface area contributed by atoms with Crippen molar-refractivity contribution in [3.63, 3.8) is 0 Å². The molecule has 0 spiro atoms. The molecule has 3 aromatic rings. The molecule has 0 bridgehead atoms. The van der Waals surface area contributed by atoms with Gasteiger partial charge in [0.15, 0.2) is 0 Å². The molecular formula is C16H17N5O3. The lowest BCUT2D eigenvalue weighted by molar-refractivity contribution is 0.0937.